The molecule has 0 bridgehead atoms. The molecule has 25 heavy (non-hydrogen) atoms. The second kappa shape index (κ2) is 6.95. The Bertz CT molecular complexity index is 656. The summed E-state index contributed by atoms with van der Waals surface area (Å²) in [6, 6.07) is 6.11. The van der Waals surface area contributed by atoms with Crippen molar-refractivity contribution in [2.45, 2.75) is 38.1 Å². The highest BCUT2D eigenvalue weighted by Gasteiger charge is 2.61. The molecule has 1 aliphatic heterocycles. The molecule has 0 aromatic heterocycles. The molecule has 1 aromatic rings. The number of hydrogen-bond donors (Lipinski definition) is 2. The Balaban J connectivity index is 2.30. The van der Waals surface area contributed by atoms with E-state index in [2.05, 4.69) is 5.43 Å². The van der Waals surface area contributed by atoms with Crippen molar-refractivity contribution in [1.82, 2.24) is 10.4 Å². The van der Waals surface area contributed by atoms with E-state index in [4.69, 9.17) is 0 Å². The van der Waals surface area contributed by atoms with Gasteiger partial charge in [0.2, 0.25) is 0 Å². The van der Waals surface area contributed by atoms with Crippen LogP contribution in [0.4, 0.5) is 18.9 Å². The van der Waals surface area contributed by atoms with Crippen LogP contribution >= 0.6 is 0 Å². The lowest BCUT2D eigenvalue weighted by Crippen LogP contribution is -2.60. The maximum Gasteiger partial charge on any atom is 0.442 e. The number of aliphatic hydroxyl groups is 1. The van der Waals surface area contributed by atoms with Crippen molar-refractivity contribution in [3.05, 3.63) is 41.6 Å². The van der Waals surface area contributed by atoms with E-state index < -0.39 is 17.8 Å². The van der Waals surface area contributed by atoms with Crippen LogP contribution in [0.3, 0.4) is 0 Å². The number of carbonyl (C=O) groups excluding carboxylic acids is 1. The number of nitrogens with zero attached hydrogens (tertiary/aromatic N) is 2. The molecule has 1 atom stereocenters. The van der Waals surface area contributed by atoms with Gasteiger partial charge in [0.1, 0.15) is 0 Å². The Kier molecular flexibility index (Phi) is 5.31. The van der Waals surface area contributed by atoms with Crippen LogP contribution < -0.4 is 10.3 Å². The zero-order valence-corrected chi connectivity index (χ0v) is 14.4. The van der Waals surface area contributed by atoms with E-state index in [9.17, 15) is 23.1 Å². The van der Waals surface area contributed by atoms with Gasteiger partial charge in [-0.25, -0.2) is 5.01 Å². The van der Waals surface area contributed by atoms with Crippen LogP contribution in [0, 0.1) is 0 Å². The number of hydrogen-bond acceptors (Lipinski definition) is 4. The van der Waals surface area contributed by atoms with Gasteiger partial charge in [0.25, 0.3) is 11.6 Å². The zero-order chi connectivity index (χ0) is 18.8. The van der Waals surface area contributed by atoms with E-state index in [1.165, 1.54) is 12.1 Å². The molecule has 0 saturated heterocycles. The van der Waals surface area contributed by atoms with Crippen LogP contribution in [0.25, 0.3) is 0 Å². The number of unbranched alkanes of at least 4 members (excludes halogenated alkanes) is 1. The number of allylic oxidation sites excluding steroid dienone is 1. The van der Waals surface area contributed by atoms with Crippen molar-refractivity contribution in [2.75, 3.05) is 19.0 Å². The minimum Gasteiger partial charge on any atom is -0.378 e. The fourth-order valence-corrected chi connectivity index (χ4v) is 2.51. The Hall–Kier alpha value is -2.22. The topological polar surface area (TPSA) is 55.8 Å². The van der Waals surface area contributed by atoms with Crippen molar-refractivity contribution < 1.29 is 23.1 Å². The maximum absolute atomic E-state index is 13.4. The minimum atomic E-state index is -5.02. The molecule has 0 unspecified atom stereocenters. The third-order valence-corrected chi connectivity index (χ3v) is 4.02. The van der Waals surface area contributed by atoms with E-state index in [1.54, 1.807) is 17.0 Å². The van der Waals surface area contributed by atoms with Crippen LogP contribution in [0.2, 0.25) is 0 Å². The molecule has 0 spiro atoms. The summed E-state index contributed by atoms with van der Waals surface area (Å²) in [6.45, 7) is 1.90. The predicted octanol–water partition coefficient (Wildman–Crippen LogP) is 3.04. The lowest BCUT2D eigenvalue weighted by Gasteiger charge is -2.33. The zero-order valence-electron chi connectivity index (χ0n) is 14.4. The van der Waals surface area contributed by atoms with Crippen molar-refractivity contribution in [1.29, 1.82) is 0 Å². The normalized spacial score (nSPS) is 20.3. The summed E-state index contributed by atoms with van der Waals surface area (Å²) in [4.78, 5) is 14.4. The molecule has 0 saturated carbocycles. The summed E-state index contributed by atoms with van der Waals surface area (Å²) in [5.74, 6) is -0.951. The Morgan fingerprint density at radius 2 is 1.88 bits per heavy atom. The summed E-state index contributed by atoms with van der Waals surface area (Å²) in [7, 11) is 3.62. The minimum absolute atomic E-state index is 0.0471. The quantitative estimate of drug-likeness (QED) is 0.851. The third kappa shape index (κ3) is 3.73. The second-order valence-corrected chi connectivity index (χ2v) is 6.19. The average Bonchev–Trinajstić information content (AvgIpc) is 2.90. The first-order valence-electron chi connectivity index (χ1n) is 7.99. The fraction of sp³-hybridized carbons (Fsp3) is 0.471. The van der Waals surface area contributed by atoms with Gasteiger partial charge < -0.3 is 10.0 Å². The maximum atomic E-state index is 13.4. The lowest BCUT2D eigenvalue weighted by molar-refractivity contribution is -0.283. The van der Waals surface area contributed by atoms with Crippen molar-refractivity contribution in [3.8, 4) is 0 Å². The standard InChI is InChI=1S/C17H22F3N3O2/c1-4-5-6-13-11-16(25,17(18,19)20)23(21-13)15(24)12-7-9-14(10-8-12)22(2)3/h7-11,21,25H,4-6H2,1-3H3/t16-/m0/s1. The molecule has 1 aromatic carbocycles. The Labute approximate surface area is 144 Å². The van der Waals surface area contributed by atoms with Crippen LogP contribution in [-0.2, 0) is 0 Å². The molecule has 1 amide bonds. The van der Waals surface area contributed by atoms with Crippen molar-refractivity contribution in [3.63, 3.8) is 0 Å². The lowest BCUT2D eigenvalue weighted by atomic mass is 10.1. The highest BCUT2D eigenvalue weighted by Crippen LogP contribution is 2.39. The summed E-state index contributed by atoms with van der Waals surface area (Å²) in [6.07, 6.45) is -2.60. The van der Waals surface area contributed by atoms with Gasteiger partial charge in [-0.2, -0.15) is 13.2 Å². The van der Waals surface area contributed by atoms with E-state index in [-0.39, 0.29) is 16.3 Å². The molecule has 138 valence electrons. The molecule has 2 N–H and O–H groups in total. The highest BCUT2D eigenvalue weighted by molar-refractivity contribution is 5.95. The Morgan fingerprint density at radius 3 is 2.36 bits per heavy atom. The first kappa shape index (κ1) is 19.1. The van der Waals surface area contributed by atoms with Gasteiger partial charge in [-0.3, -0.25) is 10.2 Å². The number of amides is 1. The number of nitrogens with one attached hydrogen (secondary N) is 1. The van der Waals surface area contributed by atoms with Crippen LogP contribution in [-0.4, -0.2) is 42.0 Å². The Morgan fingerprint density at radius 1 is 1.28 bits per heavy atom. The van der Waals surface area contributed by atoms with Gasteiger partial charge in [-0.15, -0.1) is 0 Å². The fourth-order valence-electron chi connectivity index (χ4n) is 2.51. The van der Waals surface area contributed by atoms with Gasteiger partial charge in [0.15, 0.2) is 0 Å². The monoisotopic (exact) mass is 357 g/mol. The number of alkyl halides is 3. The second-order valence-electron chi connectivity index (χ2n) is 6.19. The van der Waals surface area contributed by atoms with Gasteiger partial charge in [0.05, 0.1) is 0 Å². The molecule has 1 aliphatic rings. The van der Waals surface area contributed by atoms with E-state index in [1.807, 2.05) is 21.0 Å². The molecule has 1 heterocycles. The van der Waals surface area contributed by atoms with E-state index >= 15 is 0 Å². The van der Waals surface area contributed by atoms with Crippen molar-refractivity contribution >= 4 is 11.6 Å². The molecular formula is C17H22F3N3O2. The van der Waals surface area contributed by atoms with Gasteiger partial charge >= 0.3 is 6.18 Å². The largest absolute Gasteiger partial charge is 0.442 e. The van der Waals surface area contributed by atoms with Gasteiger partial charge in [-0.1, -0.05) is 13.3 Å². The first-order chi connectivity index (χ1) is 11.6. The predicted molar refractivity (Wildman–Crippen MR) is 88.7 cm³/mol. The third-order valence-electron chi connectivity index (χ3n) is 4.02. The molecule has 0 aliphatic carbocycles. The number of halogens is 3. The number of anilines is 1. The van der Waals surface area contributed by atoms with Gasteiger partial charge in [0, 0.05) is 31.0 Å². The number of carbonyl (C=O) groups is 1. The first-order valence-corrected chi connectivity index (χ1v) is 7.99. The average molecular weight is 357 g/mol. The summed E-state index contributed by atoms with van der Waals surface area (Å²) in [5.41, 5.74) is 0.0874. The SMILES string of the molecule is CCCCC1=C[C@](O)(C(F)(F)F)N(C(=O)c2ccc(N(C)C)cc2)N1. The number of rotatable bonds is 5. The molecule has 0 radical (unpaired) electrons. The molecule has 5 nitrogen and oxygen atoms in total. The number of hydrazine groups is 1. The van der Waals surface area contributed by atoms with Gasteiger partial charge in [-0.05, 0) is 43.2 Å². The summed E-state index contributed by atoms with van der Waals surface area (Å²) in [5, 5.41) is 10.4. The molecule has 0 fully saturated rings. The highest BCUT2D eigenvalue weighted by atomic mass is 19.4. The molecule has 2 rings (SSSR count). The summed E-state index contributed by atoms with van der Waals surface area (Å²) < 4.78 is 40.2. The van der Waals surface area contributed by atoms with E-state index in [0.717, 1.165) is 12.1 Å². The number of benzene rings is 1. The van der Waals surface area contributed by atoms with Crippen LogP contribution in [0.5, 0.6) is 0 Å². The van der Waals surface area contributed by atoms with Crippen LogP contribution in [0.15, 0.2) is 36.0 Å². The molecular weight excluding hydrogens is 335 g/mol. The smallest absolute Gasteiger partial charge is 0.378 e. The van der Waals surface area contributed by atoms with Crippen molar-refractivity contribution in [2.24, 2.45) is 0 Å². The molecule has 8 heteroatoms. The van der Waals surface area contributed by atoms with Crippen LogP contribution in [0.1, 0.15) is 36.5 Å². The van der Waals surface area contributed by atoms with E-state index in [0.29, 0.717) is 18.9 Å². The summed E-state index contributed by atoms with van der Waals surface area (Å²) >= 11 is 0.